The zero-order valence-electron chi connectivity index (χ0n) is 16.8. The maximum atomic E-state index is 12.1. The highest BCUT2D eigenvalue weighted by Gasteiger charge is 2.08. The van der Waals surface area contributed by atoms with Crippen molar-refractivity contribution in [1.82, 2.24) is 0 Å². The molecule has 0 unspecified atom stereocenters. The Labute approximate surface area is 175 Å². The molecule has 3 rings (SSSR count). The molecule has 0 saturated carbocycles. The average Bonchev–Trinajstić information content (AvgIpc) is 2.78. The van der Waals surface area contributed by atoms with Gasteiger partial charge in [-0.1, -0.05) is 42.5 Å². The van der Waals surface area contributed by atoms with Crippen LogP contribution in [0, 0.1) is 0 Å². The largest absolute Gasteiger partial charge is 0.493 e. The number of amides is 2. The van der Waals surface area contributed by atoms with Gasteiger partial charge in [-0.15, -0.1) is 0 Å². The Morgan fingerprint density at radius 1 is 0.733 bits per heavy atom. The molecule has 3 aromatic rings. The van der Waals surface area contributed by atoms with Crippen molar-refractivity contribution < 1.29 is 19.1 Å². The molecule has 3 aromatic carbocycles. The second-order valence-electron chi connectivity index (χ2n) is 6.60. The van der Waals surface area contributed by atoms with E-state index >= 15 is 0 Å². The molecule has 0 fully saturated rings. The Hall–Kier alpha value is -3.80. The third-order valence-corrected chi connectivity index (χ3v) is 4.36. The summed E-state index contributed by atoms with van der Waals surface area (Å²) in [6.45, 7) is -0.141. The lowest BCUT2D eigenvalue weighted by atomic mass is 10.1. The predicted octanol–water partition coefficient (Wildman–Crippen LogP) is 4.28. The number of hydrogen-bond acceptors (Lipinski definition) is 4. The second-order valence-corrected chi connectivity index (χ2v) is 6.60. The van der Waals surface area contributed by atoms with Gasteiger partial charge >= 0.3 is 0 Å². The number of para-hydroxylation sites is 2. The van der Waals surface area contributed by atoms with E-state index in [4.69, 9.17) is 9.47 Å². The van der Waals surface area contributed by atoms with E-state index in [9.17, 15) is 9.59 Å². The van der Waals surface area contributed by atoms with E-state index in [2.05, 4.69) is 10.6 Å². The molecule has 0 bridgehead atoms. The third kappa shape index (κ3) is 6.38. The van der Waals surface area contributed by atoms with Gasteiger partial charge in [-0.05, 0) is 48.4 Å². The first-order valence-electron chi connectivity index (χ1n) is 9.63. The van der Waals surface area contributed by atoms with Crippen LogP contribution >= 0.6 is 0 Å². The van der Waals surface area contributed by atoms with Gasteiger partial charge < -0.3 is 20.1 Å². The summed E-state index contributed by atoms with van der Waals surface area (Å²) in [6, 6.07) is 24.0. The Balaban J connectivity index is 1.44. The number of methoxy groups -OCH3 is 1. The average molecular weight is 404 g/mol. The van der Waals surface area contributed by atoms with Crippen LogP contribution in [0.5, 0.6) is 11.5 Å². The molecule has 0 aliphatic carbocycles. The van der Waals surface area contributed by atoms with Gasteiger partial charge in [-0.3, -0.25) is 9.59 Å². The fourth-order valence-electron chi connectivity index (χ4n) is 2.84. The number of aryl methyl sites for hydroxylation is 1. The summed E-state index contributed by atoms with van der Waals surface area (Å²) >= 11 is 0. The molecular weight excluding hydrogens is 380 g/mol. The summed E-state index contributed by atoms with van der Waals surface area (Å²) in [5.74, 6) is 0.725. The van der Waals surface area contributed by atoms with Crippen molar-refractivity contribution in [2.24, 2.45) is 0 Å². The normalized spacial score (nSPS) is 10.2. The number of benzene rings is 3. The van der Waals surface area contributed by atoms with Crippen molar-refractivity contribution in [3.8, 4) is 11.5 Å². The number of ether oxygens (including phenoxy) is 2. The van der Waals surface area contributed by atoms with Crippen molar-refractivity contribution in [2.45, 2.75) is 12.8 Å². The molecule has 0 atom stereocenters. The number of carbonyl (C=O) groups is 2. The van der Waals surface area contributed by atoms with E-state index in [1.54, 1.807) is 43.5 Å². The second kappa shape index (κ2) is 10.7. The first-order chi connectivity index (χ1) is 14.6. The van der Waals surface area contributed by atoms with Crippen LogP contribution < -0.4 is 20.1 Å². The van der Waals surface area contributed by atoms with Crippen LogP contribution in [0.2, 0.25) is 0 Å². The molecule has 0 heterocycles. The van der Waals surface area contributed by atoms with Gasteiger partial charge in [-0.2, -0.15) is 0 Å². The highest BCUT2D eigenvalue weighted by atomic mass is 16.5. The topological polar surface area (TPSA) is 76.7 Å². The summed E-state index contributed by atoms with van der Waals surface area (Å²) in [5.41, 5.74) is 2.42. The molecule has 0 aromatic heterocycles. The predicted molar refractivity (Wildman–Crippen MR) is 117 cm³/mol. The van der Waals surface area contributed by atoms with Crippen LogP contribution in [0.1, 0.15) is 12.0 Å². The van der Waals surface area contributed by atoms with Crippen LogP contribution in [-0.2, 0) is 16.0 Å². The summed E-state index contributed by atoms with van der Waals surface area (Å²) in [4.78, 5) is 24.2. The lowest BCUT2D eigenvalue weighted by Gasteiger charge is -2.11. The van der Waals surface area contributed by atoms with Crippen LogP contribution in [-0.4, -0.2) is 25.5 Å². The Morgan fingerprint density at radius 3 is 1.93 bits per heavy atom. The standard InChI is InChI=1S/C24H24N2O4/c1-29-21-9-5-6-10-22(21)30-17-24(28)26-20-14-12-19(13-15-20)25-23(27)16-11-18-7-3-2-4-8-18/h2-10,12-15H,11,16-17H2,1H3,(H,25,27)(H,26,28). The van der Waals surface area contributed by atoms with Crippen molar-refractivity contribution in [2.75, 3.05) is 24.4 Å². The molecule has 0 spiro atoms. The lowest BCUT2D eigenvalue weighted by Crippen LogP contribution is -2.20. The molecule has 0 aliphatic heterocycles. The van der Waals surface area contributed by atoms with Gasteiger partial charge in [0.1, 0.15) is 0 Å². The first kappa shape index (κ1) is 20.9. The van der Waals surface area contributed by atoms with Gasteiger partial charge in [0.25, 0.3) is 5.91 Å². The van der Waals surface area contributed by atoms with E-state index in [-0.39, 0.29) is 18.4 Å². The fourth-order valence-corrected chi connectivity index (χ4v) is 2.84. The van der Waals surface area contributed by atoms with Crippen molar-refractivity contribution in [3.63, 3.8) is 0 Å². The van der Waals surface area contributed by atoms with E-state index in [1.807, 2.05) is 42.5 Å². The molecule has 30 heavy (non-hydrogen) atoms. The SMILES string of the molecule is COc1ccccc1OCC(=O)Nc1ccc(NC(=O)CCc2ccccc2)cc1. The van der Waals surface area contributed by atoms with Crippen LogP contribution in [0.25, 0.3) is 0 Å². The summed E-state index contributed by atoms with van der Waals surface area (Å²) in [7, 11) is 1.55. The number of hydrogen-bond donors (Lipinski definition) is 2. The number of nitrogens with one attached hydrogen (secondary N) is 2. The molecule has 6 nitrogen and oxygen atoms in total. The fraction of sp³-hybridized carbons (Fsp3) is 0.167. The minimum absolute atomic E-state index is 0.0548. The monoisotopic (exact) mass is 404 g/mol. The van der Waals surface area contributed by atoms with Gasteiger partial charge in [0.05, 0.1) is 7.11 Å². The van der Waals surface area contributed by atoms with Gasteiger partial charge in [0.2, 0.25) is 5.91 Å². The maximum Gasteiger partial charge on any atom is 0.262 e. The van der Waals surface area contributed by atoms with Crippen LogP contribution in [0.3, 0.4) is 0 Å². The van der Waals surface area contributed by atoms with Crippen molar-refractivity contribution in [1.29, 1.82) is 0 Å². The Morgan fingerprint density at radius 2 is 1.30 bits per heavy atom. The van der Waals surface area contributed by atoms with E-state index < -0.39 is 0 Å². The minimum atomic E-state index is -0.291. The molecule has 0 aliphatic rings. The summed E-state index contributed by atoms with van der Waals surface area (Å²) < 4.78 is 10.7. The molecule has 0 saturated heterocycles. The molecule has 2 amide bonds. The zero-order chi connectivity index (χ0) is 21.2. The number of carbonyl (C=O) groups excluding carboxylic acids is 2. The highest BCUT2D eigenvalue weighted by Crippen LogP contribution is 2.25. The minimum Gasteiger partial charge on any atom is -0.493 e. The molecule has 2 N–H and O–H groups in total. The van der Waals surface area contributed by atoms with Crippen LogP contribution in [0.4, 0.5) is 11.4 Å². The van der Waals surface area contributed by atoms with Gasteiger partial charge in [0.15, 0.2) is 18.1 Å². The first-order valence-corrected chi connectivity index (χ1v) is 9.63. The summed E-state index contributed by atoms with van der Waals surface area (Å²) in [5, 5.41) is 5.62. The van der Waals surface area contributed by atoms with Crippen molar-refractivity contribution >= 4 is 23.2 Å². The molecular formula is C24H24N2O4. The van der Waals surface area contributed by atoms with Gasteiger partial charge in [0, 0.05) is 17.8 Å². The summed E-state index contributed by atoms with van der Waals surface area (Å²) in [6.07, 6.45) is 1.09. The van der Waals surface area contributed by atoms with E-state index in [0.717, 1.165) is 5.56 Å². The molecule has 154 valence electrons. The highest BCUT2D eigenvalue weighted by molar-refractivity contribution is 5.93. The number of anilines is 2. The van der Waals surface area contributed by atoms with Crippen molar-refractivity contribution in [3.05, 3.63) is 84.4 Å². The zero-order valence-corrected chi connectivity index (χ0v) is 16.8. The molecule has 0 radical (unpaired) electrons. The lowest BCUT2D eigenvalue weighted by molar-refractivity contribution is -0.118. The van der Waals surface area contributed by atoms with Crippen LogP contribution in [0.15, 0.2) is 78.9 Å². The maximum absolute atomic E-state index is 12.1. The van der Waals surface area contributed by atoms with E-state index in [0.29, 0.717) is 35.7 Å². The Bertz CT molecular complexity index is 972. The van der Waals surface area contributed by atoms with Gasteiger partial charge in [-0.25, -0.2) is 0 Å². The molecule has 6 heteroatoms. The Kier molecular flexibility index (Phi) is 7.44. The number of rotatable bonds is 9. The quantitative estimate of drug-likeness (QED) is 0.558. The smallest absolute Gasteiger partial charge is 0.262 e. The third-order valence-electron chi connectivity index (χ3n) is 4.36. The van der Waals surface area contributed by atoms with E-state index in [1.165, 1.54) is 0 Å².